The van der Waals surface area contributed by atoms with Gasteiger partial charge in [0.2, 0.25) is 5.91 Å². The first-order chi connectivity index (χ1) is 11.0. The van der Waals surface area contributed by atoms with Crippen LogP contribution in [0.2, 0.25) is 5.02 Å². The molecule has 0 aliphatic carbocycles. The Kier molecular flexibility index (Phi) is 5.96. The van der Waals surface area contributed by atoms with Crippen LogP contribution >= 0.6 is 11.6 Å². The molecule has 1 aromatic heterocycles. The minimum Gasteiger partial charge on any atom is -0.495 e. The molecular formula is C17H20ClN3O2. The van der Waals surface area contributed by atoms with Crippen LogP contribution in [-0.4, -0.2) is 36.5 Å². The van der Waals surface area contributed by atoms with Gasteiger partial charge in [-0.1, -0.05) is 17.7 Å². The number of hydrogen-bond acceptors (Lipinski definition) is 4. The van der Waals surface area contributed by atoms with Crippen LogP contribution in [0.5, 0.6) is 5.75 Å². The molecule has 6 heteroatoms. The van der Waals surface area contributed by atoms with Crippen molar-refractivity contribution in [2.24, 2.45) is 0 Å². The van der Waals surface area contributed by atoms with E-state index in [2.05, 4.69) is 10.3 Å². The highest BCUT2D eigenvalue weighted by Crippen LogP contribution is 2.27. The predicted octanol–water partition coefficient (Wildman–Crippen LogP) is 3.12. The maximum absolute atomic E-state index is 12.2. The van der Waals surface area contributed by atoms with Crippen molar-refractivity contribution >= 4 is 23.2 Å². The Bertz CT molecular complexity index is 691. The van der Waals surface area contributed by atoms with Crippen LogP contribution in [0, 0.1) is 6.92 Å². The zero-order valence-corrected chi connectivity index (χ0v) is 14.2. The molecule has 0 radical (unpaired) electrons. The zero-order chi connectivity index (χ0) is 16.8. The van der Waals surface area contributed by atoms with Crippen LogP contribution in [0.15, 0.2) is 36.5 Å². The lowest BCUT2D eigenvalue weighted by Gasteiger charge is -2.18. The molecule has 122 valence electrons. The molecule has 0 bridgehead atoms. The first-order valence-electron chi connectivity index (χ1n) is 7.22. The highest BCUT2D eigenvalue weighted by Gasteiger charge is 2.12. The number of hydrogen-bond donors (Lipinski definition) is 1. The molecule has 2 rings (SSSR count). The van der Waals surface area contributed by atoms with Gasteiger partial charge in [-0.3, -0.25) is 14.7 Å². The van der Waals surface area contributed by atoms with Crippen LogP contribution in [0.4, 0.5) is 5.69 Å². The number of amides is 1. The second-order valence-electron chi connectivity index (χ2n) is 5.31. The van der Waals surface area contributed by atoms with E-state index in [0.29, 0.717) is 23.0 Å². The molecule has 0 atom stereocenters. The van der Waals surface area contributed by atoms with Crippen molar-refractivity contribution < 1.29 is 9.53 Å². The summed E-state index contributed by atoms with van der Waals surface area (Å²) < 4.78 is 5.22. The maximum atomic E-state index is 12.2. The van der Waals surface area contributed by atoms with Crippen molar-refractivity contribution in [1.82, 2.24) is 9.88 Å². The Hall–Kier alpha value is -2.11. The minimum atomic E-state index is -0.130. The number of aryl methyl sites for hydroxylation is 1. The standard InChI is InChI=1S/C17H20ClN3O2/c1-12-13(5-4-8-19-12)10-21(2)11-17(22)20-15-9-14(18)6-7-16(15)23-3/h4-9H,10-11H2,1-3H3,(H,20,22). The third-order valence-corrected chi connectivity index (χ3v) is 3.64. The summed E-state index contributed by atoms with van der Waals surface area (Å²) in [7, 11) is 3.44. The number of aromatic nitrogens is 1. The second kappa shape index (κ2) is 7.94. The number of halogens is 1. The summed E-state index contributed by atoms with van der Waals surface area (Å²) >= 11 is 5.96. The maximum Gasteiger partial charge on any atom is 0.238 e. The molecule has 0 aliphatic heterocycles. The highest BCUT2D eigenvalue weighted by atomic mass is 35.5. The number of ether oxygens (including phenoxy) is 1. The number of nitrogens with one attached hydrogen (secondary N) is 1. The van der Waals surface area contributed by atoms with Crippen molar-refractivity contribution in [3.8, 4) is 5.75 Å². The Balaban J connectivity index is 1.97. The van der Waals surface area contributed by atoms with Gasteiger partial charge in [0.15, 0.2) is 0 Å². The third-order valence-electron chi connectivity index (χ3n) is 3.41. The molecule has 1 heterocycles. The van der Waals surface area contributed by atoms with E-state index in [1.807, 2.05) is 31.0 Å². The summed E-state index contributed by atoms with van der Waals surface area (Å²) in [6.45, 7) is 2.86. The smallest absolute Gasteiger partial charge is 0.238 e. The molecule has 1 amide bonds. The van der Waals surface area contributed by atoms with Gasteiger partial charge < -0.3 is 10.1 Å². The second-order valence-corrected chi connectivity index (χ2v) is 5.75. The zero-order valence-electron chi connectivity index (χ0n) is 13.5. The number of rotatable bonds is 6. The molecule has 23 heavy (non-hydrogen) atoms. The number of benzene rings is 1. The quantitative estimate of drug-likeness (QED) is 0.882. The van der Waals surface area contributed by atoms with Crippen molar-refractivity contribution in [1.29, 1.82) is 0 Å². The lowest BCUT2D eigenvalue weighted by atomic mass is 10.2. The molecule has 1 N–H and O–H groups in total. The van der Waals surface area contributed by atoms with Gasteiger partial charge in [0.1, 0.15) is 5.75 Å². The molecule has 0 saturated heterocycles. The van der Waals surface area contributed by atoms with Gasteiger partial charge in [-0.2, -0.15) is 0 Å². The molecule has 0 unspecified atom stereocenters. The number of nitrogens with zero attached hydrogens (tertiary/aromatic N) is 2. The molecule has 2 aromatic rings. The number of carbonyl (C=O) groups is 1. The van der Waals surface area contributed by atoms with Crippen molar-refractivity contribution in [3.63, 3.8) is 0 Å². The Morgan fingerprint density at radius 1 is 1.39 bits per heavy atom. The number of likely N-dealkylation sites (N-methyl/N-ethyl adjacent to an activating group) is 1. The van der Waals surface area contributed by atoms with E-state index in [4.69, 9.17) is 16.3 Å². The van der Waals surface area contributed by atoms with Crippen LogP contribution < -0.4 is 10.1 Å². The Morgan fingerprint density at radius 3 is 2.87 bits per heavy atom. The topological polar surface area (TPSA) is 54.5 Å². The van der Waals surface area contributed by atoms with Gasteiger partial charge >= 0.3 is 0 Å². The predicted molar refractivity (Wildman–Crippen MR) is 91.9 cm³/mol. The summed E-state index contributed by atoms with van der Waals surface area (Å²) in [5.41, 5.74) is 2.63. The minimum absolute atomic E-state index is 0.130. The summed E-state index contributed by atoms with van der Waals surface area (Å²) in [6.07, 6.45) is 1.76. The van der Waals surface area contributed by atoms with E-state index in [-0.39, 0.29) is 12.5 Å². The van der Waals surface area contributed by atoms with Crippen LogP contribution in [0.3, 0.4) is 0 Å². The van der Waals surface area contributed by atoms with Crippen molar-refractivity contribution in [2.45, 2.75) is 13.5 Å². The number of carbonyl (C=O) groups excluding carboxylic acids is 1. The Morgan fingerprint density at radius 2 is 2.17 bits per heavy atom. The molecule has 0 spiro atoms. The van der Waals surface area contributed by atoms with E-state index in [0.717, 1.165) is 11.3 Å². The van der Waals surface area contributed by atoms with Crippen LogP contribution in [0.25, 0.3) is 0 Å². The van der Waals surface area contributed by atoms with Crippen molar-refractivity contribution in [2.75, 3.05) is 26.0 Å². The van der Waals surface area contributed by atoms with Crippen LogP contribution in [-0.2, 0) is 11.3 Å². The fourth-order valence-electron chi connectivity index (χ4n) is 2.24. The Labute approximate surface area is 141 Å². The average molecular weight is 334 g/mol. The van der Waals surface area contributed by atoms with Gasteiger partial charge in [-0.05, 0) is 43.8 Å². The van der Waals surface area contributed by atoms with E-state index in [1.165, 1.54) is 0 Å². The normalized spacial score (nSPS) is 10.7. The molecule has 0 aliphatic rings. The summed E-state index contributed by atoms with van der Waals surface area (Å²) in [5.74, 6) is 0.447. The SMILES string of the molecule is COc1ccc(Cl)cc1NC(=O)CN(C)Cc1cccnc1C. The molecule has 0 saturated carbocycles. The molecular weight excluding hydrogens is 314 g/mol. The fourth-order valence-corrected chi connectivity index (χ4v) is 2.42. The first-order valence-corrected chi connectivity index (χ1v) is 7.60. The number of anilines is 1. The highest BCUT2D eigenvalue weighted by molar-refractivity contribution is 6.31. The van der Waals surface area contributed by atoms with E-state index in [9.17, 15) is 4.79 Å². The van der Waals surface area contributed by atoms with E-state index < -0.39 is 0 Å². The van der Waals surface area contributed by atoms with Gasteiger partial charge in [0.25, 0.3) is 0 Å². The summed E-state index contributed by atoms with van der Waals surface area (Å²) in [5, 5.41) is 3.37. The van der Waals surface area contributed by atoms with Gasteiger partial charge in [-0.15, -0.1) is 0 Å². The average Bonchev–Trinajstić information content (AvgIpc) is 2.49. The van der Waals surface area contributed by atoms with Crippen molar-refractivity contribution in [3.05, 3.63) is 52.8 Å². The summed E-state index contributed by atoms with van der Waals surface area (Å²) in [4.78, 5) is 18.4. The molecule has 5 nitrogen and oxygen atoms in total. The summed E-state index contributed by atoms with van der Waals surface area (Å²) in [6, 6.07) is 9.02. The van der Waals surface area contributed by atoms with E-state index >= 15 is 0 Å². The van der Waals surface area contributed by atoms with E-state index in [1.54, 1.807) is 31.5 Å². The third kappa shape index (κ3) is 4.94. The van der Waals surface area contributed by atoms with Gasteiger partial charge in [0, 0.05) is 23.5 Å². The number of pyridine rings is 1. The monoisotopic (exact) mass is 333 g/mol. The number of methoxy groups -OCH3 is 1. The lowest BCUT2D eigenvalue weighted by Crippen LogP contribution is -2.30. The lowest BCUT2D eigenvalue weighted by molar-refractivity contribution is -0.117. The van der Waals surface area contributed by atoms with Crippen LogP contribution in [0.1, 0.15) is 11.3 Å². The fraction of sp³-hybridized carbons (Fsp3) is 0.294. The molecule has 0 fully saturated rings. The molecule has 1 aromatic carbocycles. The first kappa shape index (κ1) is 17.2. The largest absolute Gasteiger partial charge is 0.495 e. The van der Waals surface area contributed by atoms with Gasteiger partial charge in [0.05, 0.1) is 19.3 Å². The van der Waals surface area contributed by atoms with Gasteiger partial charge in [-0.25, -0.2) is 0 Å².